The number of halogens is 5. The normalized spacial score (nSPS) is 21.4. The van der Waals surface area contributed by atoms with E-state index >= 15 is 0 Å². The standard InChI is InChI=1S/C25H25ClF4N6O2/c1-24(2,38-20-7-4-15(27)9-19(20)26)23(37)34-16-10-17-5-6-18(11-16)35(17)21-8-3-14(12-31-21)22-32-13-33-36(22)25(28,29)30/h3-4,7-9,12-13,16-18H,5-6,10-11H2,1-2H3,(H,34,37)/t16-,17+,18-. The van der Waals surface area contributed by atoms with Gasteiger partial charge in [-0.25, -0.2) is 14.4 Å². The lowest BCUT2D eigenvalue weighted by Crippen LogP contribution is -2.55. The van der Waals surface area contributed by atoms with Crippen LogP contribution >= 0.6 is 11.6 Å². The van der Waals surface area contributed by atoms with E-state index in [1.165, 1.54) is 18.3 Å². The van der Waals surface area contributed by atoms with E-state index in [0.29, 0.717) is 18.7 Å². The molecule has 0 unspecified atom stereocenters. The maximum absolute atomic E-state index is 13.3. The predicted molar refractivity (Wildman–Crippen MR) is 131 cm³/mol. The van der Waals surface area contributed by atoms with Crippen molar-refractivity contribution in [3.63, 3.8) is 0 Å². The van der Waals surface area contributed by atoms with Gasteiger partial charge in [0.15, 0.2) is 11.4 Å². The van der Waals surface area contributed by atoms with E-state index in [4.69, 9.17) is 16.3 Å². The Morgan fingerprint density at radius 1 is 1.11 bits per heavy atom. The molecule has 0 spiro atoms. The number of fused-ring (bicyclic) bond motifs is 2. The number of nitrogens with zero attached hydrogens (tertiary/aromatic N) is 5. The maximum atomic E-state index is 13.3. The van der Waals surface area contributed by atoms with Crippen LogP contribution < -0.4 is 15.0 Å². The van der Waals surface area contributed by atoms with Crippen LogP contribution in [0.2, 0.25) is 5.02 Å². The van der Waals surface area contributed by atoms with Gasteiger partial charge in [0.1, 0.15) is 23.7 Å². The Labute approximate surface area is 221 Å². The first kappa shape index (κ1) is 26.2. The zero-order valence-corrected chi connectivity index (χ0v) is 21.3. The van der Waals surface area contributed by atoms with Crippen LogP contribution in [0.25, 0.3) is 11.4 Å². The summed E-state index contributed by atoms with van der Waals surface area (Å²) in [5, 5.41) is 6.42. The van der Waals surface area contributed by atoms with Crippen LogP contribution in [0, 0.1) is 5.82 Å². The second kappa shape index (κ2) is 9.72. The summed E-state index contributed by atoms with van der Waals surface area (Å²) in [5.74, 6) is -0.259. The smallest absolute Gasteiger partial charge is 0.476 e. The second-order valence-electron chi connectivity index (χ2n) is 9.99. The molecule has 38 heavy (non-hydrogen) atoms. The molecule has 202 valence electrons. The summed E-state index contributed by atoms with van der Waals surface area (Å²) >= 11 is 6.05. The minimum Gasteiger partial charge on any atom is -0.476 e. The number of pyridine rings is 1. The predicted octanol–water partition coefficient (Wildman–Crippen LogP) is 5.08. The molecule has 5 rings (SSSR count). The molecule has 2 aliphatic heterocycles. The molecule has 8 nitrogen and oxygen atoms in total. The molecule has 0 saturated carbocycles. The van der Waals surface area contributed by atoms with Crippen LogP contribution in [0.1, 0.15) is 39.5 Å². The van der Waals surface area contributed by atoms with Gasteiger partial charge in [-0.2, -0.15) is 9.78 Å². The van der Waals surface area contributed by atoms with Crippen molar-refractivity contribution in [2.45, 2.75) is 69.6 Å². The van der Waals surface area contributed by atoms with Crippen molar-refractivity contribution in [2.75, 3.05) is 4.90 Å². The van der Waals surface area contributed by atoms with Crippen molar-refractivity contribution < 1.29 is 27.1 Å². The van der Waals surface area contributed by atoms with Gasteiger partial charge < -0.3 is 15.0 Å². The largest absolute Gasteiger partial charge is 0.506 e. The first-order chi connectivity index (χ1) is 17.9. The van der Waals surface area contributed by atoms with Gasteiger partial charge in [0.25, 0.3) is 5.91 Å². The Bertz CT molecular complexity index is 1320. The summed E-state index contributed by atoms with van der Waals surface area (Å²) in [5.41, 5.74) is -1.03. The summed E-state index contributed by atoms with van der Waals surface area (Å²) in [6.07, 6.45) is 0.734. The molecule has 13 heteroatoms. The van der Waals surface area contributed by atoms with E-state index in [1.54, 1.807) is 26.0 Å². The number of amides is 1. The van der Waals surface area contributed by atoms with E-state index < -0.39 is 17.7 Å². The van der Waals surface area contributed by atoms with Crippen molar-refractivity contribution in [2.24, 2.45) is 0 Å². The van der Waals surface area contributed by atoms with Crippen LogP contribution in [0.15, 0.2) is 42.9 Å². The molecule has 2 saturated heterocycles. The number of benzene rings is 1. The van der Waals surface area contributed by atoms with Crippen LogP contribution in [-0.2, 0) is 11.1 Å². The number of ether oxygens (including phenoxy) is 1. The second-order valence-corrected chi connectivity index (χ2v) is 10.4. The quantitative estimate of drug-likeness (QED) is 0.429. The van der Waals surface area contributed by atoms with E-state index in [9.17, 15) is 22.4 Å². The molecule has 1 amide bonds. The zero-order chi connectivity index (χ0) is 27.2. The minimum absolute atomic E-state index is 0.0781. The average molecular weight is 553 g/mol. The Morgan fingerprint density at radius 2 is 1.82 bits per heavy atom. The number of hydrogen-bond donors (Lipinski definition) is 1. The lowest BCUT2D eigenvalue weighted by atomic mass is 9.96. The zero-order valence-electron chi connectivity index (χ0n) is 20.5. The molecule has 0 radical (unpaired) electrons. The number of alkyl halides is 3. The molecule has 2 fully saturated rings. The number of nitrogens with one attached hydrogen (secondary N) is 1. The Kier molecular flexibility index (Phi) is 6.70. The first-order valence-corrected chi connectivity index (χ1v) is 12.5. The third-order valence-electron chi connectivity index (χ3n) is 6.93. The summed E-state index contributed by atoms with van der Waals surface area (Å²) in [4.78, 5) is 23.4. The fourth-order valence-electron chi connectivity index (χ4n) is 5.20. The number of carbonyl (C=O) groups is 1. The molecule has 2 aliphatic rings. The highest BCUT2D eigenvalue weighted by Gasteiger charge is 2.43. The van der Waals surface area contributed by atoms with Crippen LogP contribution in [0.4, 0.5) is 23.4 Å². The van der Waals surface area contributed by atoms with Gasteiger partial charge >= 0.3 is 6.30 Å². The first-order valence-electron chi connectivity index (χ1n) is 12.1. The van der Waals surface area contributed by atoms with Crippen molar-refractivity contribution in [3.05, 3.63) is 53.7 Å². The number of aromatic nitrogens is 4. The Balaban J connectivity index is 1.24. The van der Waals surface area contributed by atoms with E-state index in [-0.39, 0.29) is 50.9 Å². The van der Waals surface area contributed by atoms with Gasteiger partial charge in [0, 0.05) is 29.9 Å². The van der Waals surface area contributed by atoms with Crippen molar-refractivity contribution in [3.8, 4) is 17.1 Å². The highest BCUT2D eigenvalue weighted by atomic mass is 35.5. The minimum atomic E-state index is -4.68. The van der Waals surface area contributed by atoms with E-state index in [2.05, 4.69) is 25.3 Å². The molecule has 4 heterocycles. The molecule has 3 atom stereocenters. The molecular formula is C25H25ClF4N6O2. The lowest BCUT2D eigenvalue weighted by molar-refractivity contribution is -0.211. The van der Waals surface area contributed by atoms with Crippen LogP contribution in [0.5, 0.6) is 5.75 Å². The average Bonchev–Trinajstić information content (AvgIpc) is 3.44. The van der Waals surface area contributed by atoms with Crippen LogP contribution in [-0.4, -0.2) is 49.4 Å². The van der Waals surface area contributed by atoms with Gasteiger partial charge in [-0.05, 0) is 69.9 Å². The van der Waals surface area contributed by atoms with E-state index in [1.807, 2.05) is 0 Å². The highest BCUT2D eigenvalue weighted by molar-refractivity contribution is 6.32. The Hall–Kier alpha value is -3.41. The topological polar surface area (TPSA) is 85.2 Å². The van der Waals surface area contributed by atoms with Crippen molar-refractivity contribution in [1.82, 2.24) is 25.1 Å². The van der Waals surface area contributed by atoms with Gasteiger partial charge in [-0.3, -0.25) is 4.79 Å². The number of carbonyl (C=O) groups excluding carboxylic acids is 1. The molecule has 2 bridgehead atoms. The molecule has 0 aliphatic carbocycles. The third kappa shape index (κ3) is 5.13. The van der Waals surface area contributed by atoms with Gasteiger partial charge in [0.2, 0.25) is 0 Å². The monoisotopic (exact) mass is 552 g/mol. The fourth-order valence-corrected chi connectivity index (χ4v) is 5.41. The molecule has 1 N–H and O–H groups in total. The Morgan fingerprint density at radius 3 is 2.42 bits per heavy atom. The number of hydrogen-bond acceptors (Lipinski definition) is 6. The van der Waals surface area contributed by atoms with Gasteiger partial charge in [-0.15, -0.1) is 13.2 Å². The number of anilines is 1. The highest BCUT2D eigenvalue weighted by Crippen LogP contribution is 2.39. The van der Waals surface area contributed by atoms with Crippen molar-refractivity contribution in [1.29, 1.82) is 0 Å². The fraction of sp³-hybridized carbons (Fsp3) is 0.440. The van der Waals surface area contributed by atoms with Gasteiger partial charge in [-0.1, -0.05) is 11.6 Å². The SMILES string of the molecule is CC(C)(Oc1ccc(F)cc1Cl)C(=O)N[C@H]1C[C@H]2CC[C@@H](C1)N2c1ccc(-c2ncnn2C(F)(F)F)cn1. The molecule has 3 aromatic rings. The van der Waals surface area contributed by atoms with E-state index in [0.717, 1.165) is 25.2 Å². The molecular weight excluding hydrogens is 528 g/mol. The lowest BCUT2D eigenvalue weighted by Gasteiger charge is -2.40. The summed E-state index contributed by atoms with van der Waals surface area (Å²) < 4.78 is 58.6. The number of piperidine rings is 1. The molecule has 2 aromatic heterocycles. The maximum Gasteiger partial charge on any atom is 0.506 e. The summed E-state index contributed by atoms with van der Waals surface area (Å²) in [6, 6.07) is 7.12. The number of rotatable bonds is 6. The third-order valence-corrected chi connectivity index (χ3v) is 7.23. The summed E-state index contributed by atoms with van der Waals surface area (Å²) in [6.45, 7) is 3.24. The van der Waals surface area contributed by atoms with Gasteiger partial charge in [0.05, 0.1) is 5.02 Å². The molecule has 1 aromatic carbocycles. The van der Waals surface area contributed by atoms with Crippen molar-refractivity contribution >= 4 is 23.3 Å². The summed E-state index contributed by atoms with van der Waals surface area (Å²) in [7, 11) is 0. The van der Waals surface area contributed by atoms with Crippen LogP contribution in [0.3, 0.4) is 0 Å².